The summed E-state index contributed by atoms with van der Waals surface area (Å²) in [5.74, 6) is 2.24. The molecule has 0 unspecified atom stereocenters. The van der Waals surface area contributed by atoms with Crippen LogP contribution in [-0.2, 0) is 11.3 Å². The van der Waals surface area contributed by atoms with E-state index in [1.165, 1.54) is 0 Å². The molecule has 0 aliphatic rings. The number of methoxy groups -OCH3 is 1. The third kappa shape index (κ3) is 8.45. The van der Waals surface area contributed by atoms with Crippen LogP contribution in [0, 0.1) is 5.92 Å². The van der Waals surface area contributed by atoms with Crippen molar-refractivity contribution < 1.29 is 9.47 Å². The van der Waals surface area contributed by atoms with E-state index in [1.807, 2.05) is 18.2 Å². The molecular formula is C18H31N3O2. The average molecular weight is 321 g/mol. The fraction of sp³-hybridized carbons (Fsp3) is 0.611. The SMILES string of the molecule is CCNC(=NCc1ccccc1OCC(C)C)NCCCOC. The molecule has 1 rings (SSSR count). The monoisotopic (exact) mass is 321 g/mol. The van der Waals surface area contributed by atoms with Gasteiger partial charge in [0.25, 0.3) is 0 Å². The van der Waals surface area contributed by atoms with Crippen LogP contribution in [-0.4, -0.2) is 39.4 Å². The number of benzene rings is 1. The minimum absolute atomic E-state index is 0.506. The highest BCUT2D eigenvalue weighted by Gasteiger charge is 2.04. The average Bonchev–Trinajstić information content (AvgIpc) is 2.55. The van der Waals surface area contributed by atoms with E-state index >= 15 is 0 Å². The fourth-order valence-corrected chi connectivity index (χ4v) is 1.96. The first kappa shape index (κ1) is 19.3. The summed E-state index contributed by atoms with van der Waals surface area (Å²) < 4.78 is 10.9. The second kappa shape index (κ2) is 11.8. The van der Waals surface area contributed by atoms with Crippen LogP contribution in [0.15, 0.2) is 29.3 Å². The highest BCUT2D eigenvalue weighted by atomic mass is 16.5. The van der Waals surface area contributed by atoms with Crippen molar-refractivity contribution in [3.8, 4) is 5.75 Å². The van der Waals surface area contributed by atoms with Crippen molar-refractivity contribution in [3.05, 3.63) is 29.8 Å². The van der Waals surface area contributed by atoms with Gasteiger partial charge >= 0.3 is 0 Å². The lowest BCUT2D eigenvalue weighted by atomic mass is 10.2. The molecule has 23 heavy (non-hydrogen) atoms. The smallest absolute Gasteiger partial charge is 0.191 e. The van der Waals surface area contributed by atoms with Crippen molar-refractivity contribution in [3.63, 3.8) is 0 Å². The standard InChI is InChI=1S/C18H31N3O2/c1-5-19-18(20-11-8-12-22-4)21-13-16-9-6-7-10-17(16)23-14-15(2)3/h6-7,9-10,15H,5,8,11-14H2,1-4H3,(H2,19,20,21). The Labute approximate surface area is 140 Å². The maximum absolute atomic E-state index is 5.88. The van der Waals surface area contributed by atoms with Gasteiger partial charge in [-0.25, -0.2) is 4.99 Å². The van der Waals surface area contributed by atoms with Gasteiger partial charge in [-0.15, -0.1) is 0 Å². The summed E-state index contributed by atoms with van der Waals surface area (Å²) in [5.41, 5.74) is 1.10. The van der Waals surface area contributed by atoms with Gasteiger partial charge in [0, 0.05) is 32.4 Å². The van der Waals surface area contributed by atoms with Gasteiger partial charge in [0.1, 0.15) is 5.75 Å². The zero-order valence-corrected chi connectivity index (χ0v) is 14.9. The van der Waals surface area contributed by atoms with E-state index in [-0.39, 0.29) is 0 Å². The molecule has 0 aliphatic carbocycles. The summed E-state index contributed by atoms with van der Waals surface area (Å²) in [6.07, 6.45) is 0.953. The third-order valence-corrected chi connectivity index (χ3v) is 3.11. The first-order chi connectivity index (χ1) is 11.2. The predicted molar refractivity (Wildman–Crippen MR) is 96.1 cm³/mol. The molecule has 0 spiro atoms. The first-order valence-electron chi connectivity index (χ1n) is 8.39. The molecule has 0 fully saturated rings. The lowest BCUT2D eigenvalue weighted by molar-refractivity contribution is 0.195. The van der Waals surface area contributed by atoms with E-state index in [0.717, 1.165) is 50.0 Å². The molecule has 0 bridgehead atoms. The number of guanidine groups is 1. The van der Waals surface area contributed by atoms with Crippen molar-refractivity contribution in [1.29, 1.82) is 0 Å². The topological polar surface area (TPSA) is 54.9 Å². The summed E-state index contributed by atoms with van der Waals surface area (Å²) in [6.45, 7) is 10.1. The minimum atomic E-state index is 0.506. The Morgan fingerprint density at radius 2 is 2.00 bits per heavy atom. The maximum atomic E-state index is 5.88. The number of nitrogens with zero attached hydrogens (tertiary/aromatic N) is 1. The molecule has 5 heteroatoms. The molecule has 0 atom stereocenters. The van der Waals surface area contributed by atoms with E-state index < -0.39 is 0 Å². The number of ether oxygens (including phenoxy) is 2. The molecule has 0 aromatic heterocycles. The Hall–Kier alpha value is -1.75. The van der Waals surface area contributed by atoms with Gasteiger partial charge < -0.3 is 20.1 Å². The minimum Gasteiger partial charge on any atom is -0.493 e. The molecule has 5 nitrogen and oxygen atoms in total. The normalized spacial score (nSPS) is 11.6. The van der Waals surface area contributed by atoms with Crippen LogP contribution in [0.1, 0.15) is 32.8 Å². The highest BCUT2D eigenvalue weighted by Crippen LogP contribution is 2.19. The molecule has 2 N–H and O–H groups in total. The number of hydrogen-bond donors (Lipinski definition) is 2. The van der Waals surface area contributed by atoms with Crippen molar-refractivity contribution in [2.24, 2.45) is 10.9 Å². The van der Waals surface area contributed by atoms with Gasteiger partial charge in [-0.05, 0) is 25.3 Å². The van der Waals surface area contributed by atoms with E-state index in [2.05, 4.69) is 42.5 Å². The number of aliphatic imine (C=N–C) groups is 1. The van der Waals surface area contributed by atoms with Crippen LogP contribution < -0.4 is 15.4 Å². The Morgan fingerprint density at radius 1 is 1.22 bits per heavy atom. The molecule has 0 aliphatic heterocycles. The van der Waals surface area contributed by atoms with Crippen LogP contribution >= 0.6 is 0 Å². The fourth-order valence-electron chi connectivity index (χ4n) is 1.96. The van der Waals surface area contributed by atoms with Gasteiger partial charge in [0.2, 0.25) is 0 Å². The third-order valence-electron chi connectivity index (χ3n) is 3.11. The molecule has 130 valence electrons. The van der Waals surface area contributed by atoms with Gasteiger partial charge in [0.05, 0.1) is 13.2 Å². The van der Waals surface area contributed by atoms with E-state index in [0.29, 0.717) is 12.5 Å². The Kier molecular flexibility index (Phi) is 9.87. The second-order valence-corrected chi connectivity index (χ2v) is 5.78. The molecule has 0 heterocycles. The lowest BCUT2D eigenvalue weighted by Gasteiger charge is -2.14. The first-order valence-corrected chi connectivity index (χ1v) is 8.39. The lowest BCUT2D eigenvalue weighted by Crippen LogP contribution is -2.38. The largest absolute Gasteiger partial charge is 0.493 e. The van der Waals surface area contributed by atoms with E-state index in [4.69, 9.17) is 9.47 Å². The van der Waals surface area contributed by atoms with Gasteiger partial charge in [-0.3, -0.25) is 0 Å². The number of para-hydroxylation sites is 1. The summed E-state index contributed by atoms with van der Waals surface area (Å²) in [7, 11) is 1.72. The van der Waals surface area contributed by atoms with Crippen LogP contribution in [0.25, 0.3) is 0 Å². The molecular weight excluding hydrogens is 290 g/mol. The summed E-state index contributed by atoms with van der Waals surface area (Å²) >= 11 is 0. The zero-order chi connectivity index (χ0) is 16.9. The number of rotatable bonds is 10. The molecule has 0 saturated heterocycles. The van der Waals surface area contributed by atoms with Gasteiger partial charge in [0.15, 0.2) is 5.96 Å². The van der Waals surface area contributed by atoms with Gasteiger partial charge in [-0.1, -0.05) is 32.0 Å². The molecule has 1 aromatic rings. The second-order valence-electron chi connectivity index (χ2n) is 5.78. The van der Waals surface area contributed by atoms with Crippen LogP contribution in [0.2, 0.25) is 0 Å². The molecule has 0 radical (unpaired) electrons. The maximum Gasteiger partial charge on any atom is 0.191 e. The number of hydrogen-bond acceptors (Lipinski definition) is 3. The van der Waals surface area contributed by atoms with Crippen LogP contribution in [0.5, 0.6) is 5.75 Å². The summed E-state index contributed by atoms with van der Waals surface area (Å²) in [5, 5.41) is 6.57. The quantitative estimate of drug-likeness (QED) is 0.395. The summed E-state index contributed by atoms with van der Waals surface area (Å²) in [6, 6.07) is 8.09. The van der Waals surface area contributed by atoms with E-state index in [1.54, 1.807) is 7.11 Å². The van der Waals surface area contributed by atoms with Crippen LogP contribution in [0.4, 0.5) is 0 Å². The van der Waals surface area contributed by atoms with E-state index in [9.17, 15) is 0 Å². The predicted octanol–water partition coefficient (Wildman–Crippen LogP) is 2.81. The Morgan fingerprint density at radius 3 is 2.70 bits per heavy atom. The summed E-state index contributed by atoms with van der Waals surface area (Å²) in [4.78, 5) is 4.64. The van der Waals surface area contributed by atoms with Crippen molar-refractivity contribution in [1.82, 2.24) is 10.6 Å². The Bertz CT molecular complexity index is 461. The van der Waals surface area contributed by atoms with Gasteiger partial charge in [-0.2, -0.15) is 0 Å². The highest BCUT2D eigenvalue weighted by molar-refractivity contribution is 5.79. The molecule has 1 aromatic carbocycles. The van der Waals surface area contributed by atoms with Crippen molar-refractivity contribution >= 4 is 5.96 Å². The van der Waals surface area contributed by atoms with Crippen molar-refractivity contribution in [2.75, 3.05) is 33.4 Å². The van der Waals surface area contributed by atoms with Crippen molar-refractivity contribution in [2.45, 2.75) is 33.7 Å². The molecule has 0 saturated carbocycles. The van der Waals surface area contributed by atoms with Crippen LogP contribution in [0.3, 0.4) is 0 Å². The molecule has 0 amide bonds. The Balaban J connectivity index is 2.63. The zero-order valence-electron chi connectivity index (χ0n) is 14.9. The number of nitrogens with one attached hydrogen (secondary N) is 2.